The maximum absolute atomic E-state index is 10.5. The summed E-state index contributed by atoms with van der Waals surface area (Å²) >= 11 is 4.14. The van der Waals surface area contributed by atoms with E-state index in [1.54, 1.807) is 0 Å². The molecule has 0 spiro atoms. The molecule has 1 heterocycles. The van der Waals surface area contributed by atoms with Crippen LogP contribution < -0.4 is 0 Å². The zero-order valence-electron chi connectivity index (χ0n) is 8.36. The first-order valence-corrected chi connectivity index (χ1v) is 7.02. The van der Waals surface area contributed by atoms with Crippen molar-refractivity contribution >= 4 is 29.8 Å². The summed E-state index contributed by atoms with van der Waals surface area (Å²) in [5.74, 6) is 3.52. The lowest BCUT2D eigenvalue weighted by Crippen LogP contribution is -2.18. The number of carbonyl (C=O) groups is 1. The van der Waals surface area contributed by atoms with Crippen molar-refractivity contribution in [3.05, 3.63) is 0 Å². The average Bonchev–Trinajstić information content (AvgIpc) is 2.19. The maximum Gasteiger partial charge on any atom is 0.122 e. The Labute approximate surface area is 89.4 Å². The molecule has 1 nitrogen and oxygen atoms in total. The monoisotopic (exact) mass is 218 g/mol. The number of rotatable bonds is 4. The first-order chi connectivity index (χ1) is 6.24. The number of hydrogen-bond acceptors (Lipinski definition) is 3. The minimum absolute atomic E-state index is 0.234. The molecule has 0 bridgehead atoms. The van der Waals surface area contributed by atoms with Gasteiger partial charge in [-0.3, -0.25) is 0 Å². The van der Waals surface area contributed by atoms with Crippen molar-refractivity contribution in [3.63, 3.8) is 0 Å². The van der Waals surface area contributed by atoms with E-state index in [2.05, 4.69) is 30.4 Å². The summed E-state index contributed by atoms with van der Waals surface area (Å²) in [6.45, 7) is 4.29. The highest BCUT2D eigenvalue weighted by Crippen LogP contribution is 2.37. The van der Waals surface area contributed by atoms with Crippen molar-refractivity contribution in [2.75, 3.05) is 11.5 Å². The minimum Gasteiger partial charge on any atom is -0.303 e. The van der Waals surface area contributed by atoms with Crippen molar-refractivity contribution in [2.45, 2.75) is 31.3 Å². The minimum atomic E-state index is 0.234. The number of hydrogen-bond donors (Lipinski definition) is 0. The van der Waals surface area contributed by atoms with Crippen molar-refractivity contribution < 1.29 is 4.79 Å². The summed E-state index contributed by atoms with van der Waals surface area (Å²) in [7, 11) is 0. The third-order valence-electron chi connectivity index (χ3n) is 2.29. The van der Waals surface area contributed by atoms with Crippen LogP contribution in [0.1, 0.15) is 26.7 Å². The van der Waals surface area contributed by atoms with E-state index in [9.17, 15) is 4.79 Å². The topological polar surface area (TPSA) is 17.1 Å². The molecule has 0 aromatic rings. The lowest BCUT2D eigenvalue weighted by atomic mass is 10.0. The van der Waals surface area contributed by atoms with E-state index >= 15 is 0 Å². The predicted octanol–water partition coefficient (Wildman–Crippen LogP) is 3.04. The predicted molar refractivity (Wildman–Crippen MR) is 62.3 cm³/mol. The Morgan fingerprint density at radius 2 is 2.00 bits per heavy atom. The van der Waals surface area contributed by atoms with E-state index in [1.807, 2.05) is 6.92 Å². The van der Waals surface area contributed by atoms with E-state index in [0.717, 1.165) is 17.3 Å². The first kappa shape index (κ1) is 11.4. The van der Waals surface area contributed by atoms with Gasteiger partial charge in [-0.15, -0.1) is 23.5 Å². The van der Waals surface area contributed by atoms with Gasteiger partial charge in [0, 0.05) is 5.92 Å². The van der Waals surface area contributed by atoms with Gasteiger partial charge in [0.1, 0.15) is 6.29 Å². The van der Waals surface area contributed by atoms with Gasteiger partial charge in [0.25, 0.3) is 0 Å². The third kappa shape index (κ3) is 3.94. The standard InChI is InChI=1S/C10H18OS2/c1-8(7-11)6-9(2)10-12-4-3-5-13-10/h7-10H,3-6H2,1-2H3/t8-,9+/m0/s1. The summed E-state index contributed by atoms with van der Waals surface area (Å²) in [5.41, 5.74) is 0. The Morgan fingerprint density at radius 1 is 1.38 bits per heavy atom. The molecule has 0 aromatic carbocycles. The van der Waals surface area contributed by atoms with Crippen LogP contribution in [0.5, 0.6) is 0 Å². The van der Waals surface area contributed by atoms with Crippen molar-refractivity contribution in [2.24, 2.45) is 11.8 Å². The van der Waals surface area contributed by atoms with E-state index in [0.29, 0.717) is 5.92 Å². The SMILES string of the molecule is C[C@H](C=O)C[C@@H](C)C1SCCCS1. The summed E-state index contributed by atoms with van der Waals surface area (Å²) in [4.78, 5) is 10.5. The van der Waals surface area contributed by atoms with E-state index in [-0.39, 0.29) is 5.92 Å². The fourth-order valence-corrected chi connectivity index (χ4v) is 4.70. The highest BCUT2D eigenvalue weighted by molar-refractivity contribution is 8.17. The van der Waals surface area contributed by atoms with Crippen LogP contribution in [0.2, 0.25) is 0 Å². The Balaban J connectivity index is 2.28. The third-order valence-corrected chi connectivity index (χ3v) is 5.74. The highest BCUT2D eigenvalue weighted by atomic mass is 32.2. The van der Waals surface area contributed by atoms with Crippen molar-refractivity contribution in [1.29, 1.82) is 0 Å². The van der Waals surface area contributed by atoms with Crippen LogP contribution in [0.3, 0.4) is 0 Å². The van der Waals surface area contributed by atoms with E-state index in [4.69, 9.17) is 0 Å². The fourth-order valence-electron chi connectivity index (χ4n) is 1.59. The molecule has 0 radical (unpaired) electrons. The second-order valence-corrected chi connectivity index (χ2v) is 6.59. The van der Waals surface area contributed by atoms with Crippen molar-refractivity contribution in [3.8, 4) is 0 Å². The highest BCUT2D eigenvalue weighted by Gasteiger charge is 2.22. The summed E-state index contributed by atoms with van der Waals surface area (Å²) in [5, 5.41) is 0. The average molecular weight is 218 g/mol. The normalized spacial score (nSPS) is 23.8. The molecule has 3 heteroatoms. The van der Waals surface area contributed by atoms with Crippen molar-refractivity contribution in [1.82, 2.24) is 0 Å². The van der Waals surface area contributed by atoms with Gasteiger partial charge in [-0.25, -0.2) is 0 Å². The number of carbonyl (C=O) groups excluding carboxylic acids is 1. The zero-order valence-corrected chi connectivity index (χ0v) is 10.00. The molecule has 0 amide bonds. The Kier molecular flexibility index (Phi) is 5.25. The van der Waals surface area contributed by atoms with E-state index < -0.39 is 0 Å². The molecule has 0 unspecified atom stereocenters. The number of aldehydes is 1. The molecule has 13 heavy (non-hydrogen) atoms. The molecule has 76 valence electrons. The molecular formula is C10H18OS2. The van der Waals surface area contributed by atoms with Crippen LogP contribution in [0.25, 0.3) is 0 Å². The molecule has 1 aliphatic heterocycles. The van der Waals surface area contributed by atoms with Gasteiger partial charge in [0.2, 0.25) is 0 Å². The fraction of sp³-hybridized carbons (Fsp3) is 0.900. The Bertz CT molecular complexity index is 155. The van der Waals surface area contributed by atoms with Crippen LogP contribution >= 0.6 is 23.5 Å². The first-order valence-electron chi connectivity index (χ1n) is 4.92. The van der Waals surface area contributed by atoms with Crippen LogP contribution in [0, 0.1) is 11.8 Å². The van der Waals surface area contributed by atoms with Gasteiger partial charge < -0.3 is 4.79 Å². The van der Waals surface area contributed by atoms with Gasteiger partial charge in [-0.2, -0.15) is 0 Å². The molecule has 2 atom stereocenters. The second-order valence-electron chi connectivity index (χ2n) is 3.79. The van der Waals surface area contributed by atoms with Crippen LogP contribution in [-0.4, -0.2) is 22.4 Å². The molecule has 0 saturated carbocycles. The zero-order chi connectivity index (χ0) is 9.68. The molecule has 1 rings (SSSR count). The summed E-state index contributed by atoms with van der Waals surface area (Å²) < 4.78 is 0.733. The summed E-state index contributed by atoms with van der Waals surface area (Å²) in [6.07, 6.45) is 3.48. The lowest BCUT2D eigenvalue weighted by molar-refractivity contribution is -0.111. The lowest BCUT2D eigenvalue weighted by Gasteiger charge is -2.27. The molecule has 0 N–H and O–H groups in total. The Morgan fingerprint density at radius 3 is 2.54 bits per heavy atom. The largest absolute Gasteiger partial charge is 0.303 e. The number of thioether (sulfide) groups is 2. The van der Waals surface area contributed by atoms with E-state index in [1.165, 1.54) is 17.9 Å². The van der Waals surface area contributed by atoms with Gasteiger partial charge in [0.15, 0.2) is 0 Å². The molecular weight excluding hydrogens is 200 g/mol. The molecule has 0 aromatic heterocycles. The van der Waals surface area contributed by atoms with Gasteiger partial charge in [-0.05, 0) is 30.3 Å². The van der Waals surface area contributed by atoms with Gasteiger partial charge in [0.05, 0.1) is 4.58 Å². The van der Waals surface area contributed by atoms with Crippen LogP contribution in [0.4, 0.5) is 0 Å². The molecule has 1 aliphatic rings. The van der Waals surface area contributed by atoms with Gasteiger partial charge >= 0.3 is 0 Å². The molecule has 1 fully saturated rings. The summed E-state index contributed by atoms with van der Waals surface area (Å²) in [6, 6.07) is 0. The smallest absolute Gasteiger partial charge is 0.122 e. The molecule has 0 aliphatic carbocycles. The van der Waals surface area contributed by atoms with Crippen LogP contribution in [0.15, 0.2) is 0 Å². The Hall–Kier alpha value is 0.370. The van der Waals surface area contributed by atoms with Crippen LogP contribution in [-0.2, 0) is 4.79 Å². The maximum atomic E-state index is 10.5. The second kappa shape index (κ2) is 5.97. The molecule has 1 saturated heterocycles. The quantitative estimate of drug-likeness (QED) is 0.675. The van der Waals surface area contributed by atoms with Gasteiger partial charge in [-0.1, -0.05) is 13.8 Å².